The molecule has 1 atom stereocenters. The van der Waals surface area contributed by atoms with E-state index in [1.54, 1.807) is 7.11 Å². The van der Waals surface area contributed by atoms with Gasteiger partial charge in [-0.15, -0.1) is 11.8 Å². The third-order valence-corrected chi connectivity index (χ3v) is 5.83. The summed E-state index contributed by atoms with van der Waals surface area (Å²) in [6.45, 7) is 0. The molecule has 0 radical (unpaired) electrons. The molecule has 5 nitrogen and oxygen atoms in total. The van der Waals surface area contributed by atoms with Crippen molar-refractivity contribution < 1.29 is 9.53 Å². The summed E-state index contributed by atoms with van der Waals surface area (Å²) in [5.41, 5.74) is 2.59. The fourth-order valence-electron chi connectivity index (χ4n) is 3.12. The molecule has 30 heavy (non-hydrogen) atoms. The van der Waals surface area contributed by atoms with E-state index in [0.29, 0.717) is 5.82 Å². The lowest BCUT2D eigenvalue weighted by atomic mass is 10.1. The number of methoxy groups -OCH3 is 1. The van der Waals surface area contributed by atoms with Crippen LogP contribution in [0.25, 0.3) is 11.3 Å². The van der Waals surface area contributed by atoms with Gasteiger partial charge in [0.2, 0.25) is 5.91 Å². The second kappa shape index (κ2) is 9.33. The average molecular weight is 416 g/mol. The lowest BCUT2D eigenvalue weighted by Crippen LogP contribution is -2.19. The Hall–Kier alpha value is -3.51. The fourth-order valence-corrected chi connectivity index (χ4v) is 4.16. The summed E-state index contributed by atoms with van der Waals surface area (Å²) in [7, 11) is 1.63. The number of ether oxygens (including phenoxy) is 1. The second-order valence-electron chi connectivity index (χ2n) is 6.58. The number of aromatic amines is 1. The Bertz CT molecular complexity index is 1110. The van der Waals surface area contributed by atoms with E-state index in [0.717, 1.165) is 27.5 Å². The Morgan fingerprint density at radius 2 is 1.63 bits per heavy atom. The highest BCUT2D eigenvalue weighted by Gasteiger charge is 2.23. The molecule has 1 amide bonds. The van der Waals surface area contributed by atoms with E-state index in [4.69, 9.17) is 4.74 Å². The smallest absolute Gasteiger partial charge is 0.243 e. The van der Waals surface area contributed by atoms with Crippen LogP contribution in [0.1, 0.15) is 10.8 Å². The quantitative estimate of drug-likeness (QED) is 0.388. The van der Waals surface area contributed by atoms with Crippen molar-refractivity contribution >= 4 is 23.5 Å². The highest BCUT2D eigenvalue weighted by Crippen LogP contribution is 2.36. The molecule has 0 saturated heterocycles. The first-order valence-corrected chi connectivity index (χ1v) is 10.4. The van der Waals surface area contributed by atoms with Crippen LogP contribution in [0.3, 0.4) is 0 Å². The van der Waals surface area contributed by atoms with Gasteiger partial charge in [-0.3, -0.25) is 9.89 Å². The van der Waals surface area contributed by atoms with E-state index < -0.39 is 5.25 Å². The van der Waals surface area contributed by atoms with Crippen molar-refractivity contribution in [2.75, 3.05) is 12.4 Å². The van der Waals surface area contributed by atoms with Crippen LogP contribution in [-0.4, -0.2) is 23.2 Å². The monoisotopic (exact) mass is 415 g/mol. The topological polar surface area (TPSA) is 67.0 Å². The maximum atomic E-state index is 13.2. The van der Waals surface area contributed by atoms with Gasteiger partial charge in [-0.2, -0.15) is 5.10 Å². The van der Waals surface area contributed by atoms with E-state index in [9.17, 15) is 4.79 Å². The van der Waals surface area contributed by atoms with E-state index in [-0.39, 0.29) is 5.91 Å². The maximum Gasteiger partial charge on any atom is 0.243 e. The molecule has 3 aromatic carbocycles. The van der Waals surface area contributed by atoms with E-state index in [1.165, 1.54) is 11.8 Å². The Balaban J connectivity index is 1.56. The van der Waals surface area contributed by atoms with Crippen LogP contribution in [0, 0.1) is 0 Å². The number of carbonyl (C=O) groups is 1. The number of H-pyrrole nitrogens is 1. The van der Waals surface area contributed by atoms with Crippen molar-refractivity contribution in [1.82, 2.24) is 10.2 Å². The Morgan fingerprint density at radius 1 is 0.967 bits per heavy atom. The molecule has 0 saturated carbocycles. The third kappa shape index (κ3) is 4.55. The van der Waals surface area contributed by atoms with Crippen LogP contribution < -0.4 is 10.1 Å². The van der Waals surface area contributed by atoms with Crippen LogP contribution >= 0.6 is 11.8 Å². The first-order chi connectivity index (χ1) is 14.7. The standard InChI is InChI=1S/C24H21N3O2S/c1-29-21-15-9-8-14-19(21)20-16-22(27-26-20)25-24(28)23(17-10-4-2-5-11-17)30-18-12-6-3-7-13-18/h2-16,23H,1H3,(H2,25,26,27,28). The predicted molar refractivity (Wildman–Crippen MR) is 121 cm³/mol. The minimum Gasteiger partial charge on any atom is -0.496 e. The summed E-state index contributed by atoms with van der Waals surface area (Å²) < 4.78 is 5.41. The normalized spacial score (nSPS) is 11.6. The summed E-state index contributed by atoms with van der Waals surface area (Å²) in [6.07, 6.45) is 0. The highest BCUT2D eigenvalue weighted by molar-refractivity contribution is 8.00. The molecular formula is C24H21N3O2S. The van der Waals surface area contributed by atoms with Crippen LogP contribution in [0.2, 0.25) is 0 Å². The highest BCUT2D eigenvalue weighted by atomic mass is 32.2. The zero-order valence-electron chi connectivity index (χ0n) is 16.4. The number of amides is 1. The lowest BCUT2D eigenvalue weighted by molar-refractivity contribution is -0.115. The summed E-state index contributed by atoms with van der Waals surface area (Å²) in [6, 6.07) is 29.1. The Labute approximate surface area is 179 Å². The van der Waals surface area contributed by atoms with E-state index >= 15 is 0 Å². The van der Waals surface area contributed by atoms with Crippen LogP contribution in [0.4, 0.5) is 5.82 Å². The fraction of sp³-hybridized carbons (Fsp3) is 0.0833. The molecule has 6 heteroatoms. The average Bonchev–Trinajstić information content (AvgIpc) is 3.27. The number of hydrogen-bond donors (Lipinski definition) is 2. The van der Waals surface area contributed by atoms with Crippen molar-refractivity contribution in [1.29, 1.82) is 0 Å². The number of hydrogen-bond acceptors (Lipinski definition) is 4. The number of anilines is 1. The molecule has 4 aromatic rings. The molecule has 1 unspecified atom stereocenters. The molecule has 1 heterocycles. The van der Waals surface area contributed by atoms with Gasteiger partial charge in [0.1, 0.15) is 11.0 Å². The molecule has 4 rings (SSSR count). The first-order valence-electron chi connectivity index (χ1n) is 9.51. The van der Waals surface area contributed by atoms with Crippen LogP contribution in [0.5, 0.6) is 5.75 Å². The minimum atomic E-state index is -0.403. The number of nitrogens with zero attached hydrogens (tertiary/aromatic N) is 1. The summed E-state index contributed by atoms with van der Waals surface area (Å²) >= 11 is 1.51. The number of carbonyl (C=O) groups excluding carboxylic acids is 1. The first kappa shape index (κ1) is 19.8. The molecule has 0 aliphatic heterocycles. The minimum absolute atomic E-state index is 0.131. The largest absolute Gasteiger partial charge is 0.496 e. The van der Waals surface area contributed by atoms with Gasteiger partial charge in [0.25, 0.3) is 0 Å². The van der Waals surface area contributed by atoms with Gasteiger partial charge in [0, 0.05) is 16.5 Å². The number of rotatable bonds is 7. The number of para-hydroxylation sites is 1. The van der Waals surface area contributed by atoms with Crippen molar-refractivity contribution in [3.63, 3.8) is 0 Å². The predicted octanol–water partition coefficient (Wildman–Crippen LogP) is 5.56. The summed E-state index contributed by atoms with van der Waals surface area (Å²) in [5.74, 6) is 1.07. The van der Waals surface area contributed by atoms with Gasteiger partial charge in [-0.1, -0.05) is 60.7 Å². The van der Waals surface area contributed by atoms with Crippen molar-refractivity contribution in [3.05, 3.63) is 96.6 Å². The zero-order chi connectivity index (χ0) is 20.8. The number of benzene rings is 3. The second-order valence-corrected chi connectivity index (χ2v) is 7.76. The number of nitrogens with one attached hydrogen (secondary N) is 2. The molecule has 150 valence electrons. The molecule has 1 aromatic heterocycles. The molecule has 0 aliphatic carbocycles. The lowest BCUT2D eigenvalue weighted by Gasteiger charge is -2.16. The molecule has 0 aliphatic rings. The van der Waals surface area contributed by atoms with E-state index in [1.807, 2.05) is 91.0 Å². The van der Waals surface area contributed by atoms with Crippen molar-refractivity contribution in [3.8, 4) is 17.0 Å². The maximum absolute atomic E-state index is 13.2. The van der Waals surface area contributed by atoms with E-state index in [2.05, 4.69) is 15.5 Å². The Kier molecular flexibility index (Phi) is 6.15. The number of thioether (sulfide) groups is 1. The Morgan fingerprint density at radius 3 is 2.37 bits per heavy atom. The van der Waals surface area contributed by atoms with Crippen LogP contribution in [-0.2, 0) is 4.79 Å². The van der Waals surface area contributed by atoms with Gasteiger partial charge in [0.15, 0.2) is 5.82 Å². The molecule has 0 spiro atoms. The van der Waals surface area contributed by atoms with Gasteiger partial charge >= 0.3 is 0 Å². The van der Waals surface area contributed by atoms with Crippen molar-refractivity contribution in [2.24, 2.45) is 0 Å². The molecular weight excluding hydrogens is 394 g/mol. The van der Waals surface area contributed by atoms with Gasteiger partial charge in [-0.25, -0.2) is 0 Å². The number of aromatic nitrogens is 2. The van der Waals surface area contributed by atoms with Gasteiger partial charge < -0.3 is 10.1 Å². The van der Waals surface area contributed by atoms with Crippen LogP contribution in [0.15, 0.2) is 95.9 Å². The summed E-state index contributed by atoms with van der Waals surface area (Å²) in [4.78, 5) is 14.2. The van der Waals surface area contributed by atoms with Gasteiger partial charge in [0.05, 0.1) is 12.8 Å². The summed E-state index contributed by atoms with van der Waals surface area (Å²) in [5, 5.41) is 9.79. The zero-order valence-corrected chi connectivity index (χ0v) is 17.2. The van der Waals surface area contributed by atoms with Gasteiger partial charge in [-0.05, 0) is 29.8 Å². The molecule has 2 N–H and O–H groups in total. The molecule has 0 bridgehead atoms. The third-order valence-electron chi connectivity index (χ3n) is 4.56. The van der Waals surface area contributed by atoms with Crippen molar-refractivity contribution in [2.45, 2.75) is 10.1 Å². The molecule has 0 fully saturated rings. The SMILES string of the molecule is COc1ccccc1-c1cc(NC(=O)C(Sc2ccccc2)c2ccccc2)n[nH]1.